The number of anilines is 1. The summed E-state index contributed by atoms with van der Waals surface area (Å²) in [5, 5.41) is 11.7. The number of hydrogen-bond acceptors (Lipinski definition) is 6. The maximum Gasteiger partial charge on any atom is 0.338 e. The van der Waals surface area contributed by atoms with Crippen molar-refractivity contribution >= 4 is 17.6 Å². The Bertz CT molecular complexity index is 444. The van der Waals surface area contributed by atoms with Gasteiger partial charge >= 0.3 is 11.9 Å². The number of carbonyl (C=O) groups is 2. The zero-order chi connectivity index (χ0) is 15.5. The van der Waals surface area contributed by atoms with E-state index in [0.717, 1.165) is 5.69 Å². The monoisotopic (exact) mass is 295 g/mol. The first-order valence-corrected chi connectivity index (χ1v) is 6.95. The van der Waals surface area contributed by atoms with Crippen LogP contribution in [-0.4, -0.2) is 43.4 Å². The lowest BCUT2D eigenvalue weighted by atomic mass is 10.2. The second-order valence-corrected chi connectivity index (χ2v) is 4.27. The first kappa shape index (κ1) is 17.0. The number of esters is 2. The maximum atomic E-state index is 11.6. The highest BCUT2D eigenvalue weighted by Gasteiger charge is 2.06. The van der Waals surface area contributed by atoms with E-state index in [1.165, 1.54) is 0 Å². The van der Waals surface area contributed by atoms with E-state index in [9.17, 15) is 9.59 Å². The second kappa shape index (κ2) is 9.77. The van der Waals surface area contributed by atoms with Crippen LogP contribution in [0.4, 0.5) is 5.69 Å². The third-order valence-electron chi connectivity index (χ3n) is 2.62. The van der Waals surface area contributed by atoms with E-state index in [2.05, 4.69) is 5.32 Å². The molecule has 0 saturated heterocycles. The minimum atomic E-state index is -0.415. The molecule has 6 heteroatoms. The molecule has 0 bridgehead atoms. The summed E-state index contributed by atoms with van der Waals surface area (Å²) in [6.45, 7) is 2.82. The lowest BCUT2D eigenvalue weighted by Gasteiger charge is -2.07. The molecule has 1 rings (SSSR count). The van der Waals surface area contributed by atoms with Gasteiger partial charge in [0, 0.05) is 25.3 Å². The average Bonchev–Trinajstić information content (AvgIpc) is 2.48. The van der Waals surface area contributed by atoms with E-state index >= 15 is 0 Å². The topological polar surface area (TPSA) is 84.9 Å². The van der Waals surface area contributed by atoms with Crippen molar-refractivity contribution in [2.24, 2.45) is 0 Å². The van der Waals surface area contributed by atoms with Crippen LogP contribution in [0.3, 0.4) is 0 Å². The summed E-state index contributed by atoms with van der Waals surface area (Å²) in [4.78, 5) is 22.8. The van der Waals surface area contributed by atoms with Crippen molar-refractivity contribution in [3.05, 3.63) is 29.8 Å². The predicted octanol–water partition coefficient (Wildman–Crippen LogP) is 1.59. The highest BCUT2D eigenvalue weighted by atomic mass is 16.5. The molecule has 1 aromatic carbocycles. The minimum Gasteiger partial charge on any atom is -0.466 e. The molecular weight excluding hydrogens is 274 g/mol. The quantitative estimate of drug-likeness (QED) is 0.531. The number of carbonyl (C=O) groups excluding carboxylic acids is 2. The summed E-state index contributed by atoms with van der Waals surface area (Å²) < 4.78 is 9.79. The SMILES string of the molecule is CCOC(=O)CCNc1ccc(C(=O)OCCCO)cc1. The molecule has 2 N–H and O–H groups in total. The van der Waals surface area contributed by atoms with E-state index in [0.29, 0.717) is 31.6 Å². The minimum absolute atomic E-state index is 0.00337. The van der Waals surface area contributed by atoms with Crippen LogP contribution in [-0.2, 0) is 14.3 Å². The van der Waals surface area contributed by atoms with Crippen LogP contribution in [0.2, 0.25) is 0 Å². The Morgan fingerprint density at radius 2 is 1.90 bits per heavy atom. The van der Waals surface area contributed by atoms with Gasteiger partial charge in [-0.3, -0.25) is 4.79 Å². The summed E-state index contributed by atoms with van der Waals surface area (Å²) in [5.74, 6) is -0.657. The highest BCUT2D eigenvalue weighted by molar-refractivity contribution is 5.89. The van der Waals surface area contributed by atoms with Gasteiger partial charge in [0.15, 0.2) is 0 Å². The van der Waals surface area contributed by atoms with Crippen molar-refractivity contribution in [2.75, 3.05) is 31.7 Å². The molecular formula is C15H21NO5. The summed E-state index contributed by atoms with van der Waals surface area (Å²) >= 11 is 0. The van der Waals surface area contributed by atoms with Crippen molar-refractivity contribution in [1.29, 1.82) is 0 Å². The number of hydrogen-bond donors (Lipinski definition) is 2. The Hall–Kier alpha value is -2.08. The third kappa shape index (κ3) is 6.76. The predicted molar refractivity (Wildman–Crippen MR) is 78.2 cm³/mol. The van der Waals surface area contributed by atoms with Gasteiger partial charge in [0.05, 0.1) is 25.2 Å². The average molecular weight is 295 g/mol. The van der Waals surface area contributed by atoms with Crippen LogP contribution in [0.25, 0.3) is 0 Å². The largest absolute Gasteiger partial charge is 0.466 e. The van der Waals surface area contributed by atoms with Gasteiger partial charge in [-0.2, -0.15) is 0 Å². The van der Waals surface area contributed by atoms with E-state index in [1.807, 2.05) is 0 Å². The zero-order valence-corrected chi connectivity index (χ0v) is 12.1. The fourth-order valence-electron chi connectivity index (χ4n) is 1.58. The number of aliphatic hydroxyl groups is 1. The molecule has 0 aliphatic heterocycles. The number of ether oxygens (including phenoxy) is 2. The van der Waals surface area contributed by atoms with Gasteiger partial charge in [-0.15, -0.1) is 0 Å². The number of nitrogens with one attached hydrogen (secondary N) is 1. The molecule has 1 aromatic rings. The van der Waals surface area contributed by atoms with Gasteiger partial charge < -0.3 is 19.9 Å². The molecule has 0 unspecified atom stereocenters. The van der Waals surface area contributed by atoms with Crippen LogP contribution in [0, 0.1) is 0 Å². The summed E-state index contributed by atoms with van der Waals surface area (Å²) in [6, 6.07) is 6.78. The number of rotatable bonds is 9. The number of benzene rings is 1. The Kier molecular flexibility index (Phi) is 7.89. The summed E-state index contributed by atoms with van der Waals surface area (Å²) in [7, 11) is 0. The van der Waals surface area contributed by atoms with E-state index in [1.54, 1.807) is 31.2 Å². The highest BCUT2D eigenvalue weighted by Crippen LogP contribution is 2.10. The second-order valence-electron chi connectivity index (χ2n) is 4.27. The molecule has 0 aliphatic rings. The number of aliphatic hydroxyl groups excluding tert-OH is 1. The van der Waals surface area contributed by atoms with Gasteiger partial charge in [0.1, 0.15) is 0 Å². The van der Waals surface area contributed by atoms with Crippen LogP contribution < -0.4 is 5.32 Å². The van der Waals surface area contributed by atoms with E-state index in [4.69, 9.17) is 14.6 Å². The van der Waals surface area contributed by atoms with E-state index in [-0.39, 0.29) is 19.2 Å². The van der Waals surface area contributed by atoms with Crippen molar-refractivity contribution < 1.29 is 24.2 Å². The molecule has 0 atom stereocenters. The van der Waals surface area contributed by atoms with Crippen LogP contribution in [0.15, 0.2) is 24.3 Å². The third-order valence-corrected chi connectivity index (χ3v) is 2.62. The van der Waals surface area contributed by atoms with Gasteiger partial charge in [0.2, 0.25) is 0 Å². The van der Waals surface area contributed by atoms with Gasteiger partial charge in [-0.05, 0) is 31.2 Å². The Morgan fingerprint density at radius 1 is 1.19 bits per heavy atom. The van der Waals surface area contributed by atoms with Crippen molar-refractivity contribution in [1.82, 2.24) is 0 Å². The molecule has 0 aromatic heterocycles. The Balaban J connectivity index is 2.36. The van der Waals surface area contributed by atoms with Crippen LogP contribution in [0.1, 0.15) is 30.1 Å². The van der Waals surface area contributed by atoms with Gasteiger partial charge in [0.25, 0.3) is 0 Å². The first-order chi connectivity index (χ1) is 10.2. The van der Waals surface area contributed by atoms with Crippen molar-refractivity contribution in [3.8, 4) is 0 Å². The molecule has 21 heavy (non-hydrogen) atoms. The molecule has 0 spiro atoms. The lowest BCUT2D eigenvalue weighted by molar-refractivity contribution is -0.142. The summed E-state index contributed by atoms with van der Waals surface area (Å²) in [5.41, 5.74) is 1.26. The molecule has 6 nitrogen and oxygen atoms in total. The Labute approximate surface area is 124 Å². The molecule has 0 fully saturated rings. The van der Waals surface area contributed by atoms with Gasteiger partial charge in [-0.25, -0.2) is 4.79 Å². The fraction of sp³-hybridized carbons (Fsp3) is 0.467. The van der Waals surface area contributed by atoms with Crippen molar-refractivity contribution in [2.45, 2.75) is 19.8 Å². The fourth-order valence-corrected chi connectivity index (χ4v) is 1.58. The molecule has 0 radical (unpaired) electrons. The molecule has 116 valence electrons. The molecule has 0 saturated carbocycles. The normalized spacial score (nSPS) is 10.0. The van der Waals surface area contributed by atoms with Crippen molar-refractivity contribution in [3.63, 3.8) is 0 Å². The summed E-state index contributed by atoms with van der Waals surface area (Å²) in [6.07, 6.45) is 0.720. The molecule has 0 aliphatic carbocycles. The lowest BCUT2D eigenvalue weighted by Crippen LogP contribution is -2.11. The maximum absolute atomic E-state index is 11.6. The van der Waals surface area contributed by atoms with Gasteiger partial charge in [-0.1, -0.05) is 0 Å². The smallest absolute Gasteiger partial charge is 0.338 e. The van der Waals surface area contributed by atoms with Crippen LogP contribution >= 0.6 is 0 Å². The van der Waals surface area contributed by atoms with E-state index < -0.39 is 5.97 Å². The standard InChI is InChI=1S/C15H21NO5/c1-2-20-14(18)8-9-16-13-6-4-12(5-7-13)15(19)21-11-3-10-17/h4-7,16-17H,2-3,8-11H2,1H3. The Morgan fingerprint density at radius 3 is 2.52 bits per heavy atom. The molecule has 0 heterocycles. The zero-order valence-electron chi connectivity index (χ0n) is 12.1. The first-order valence-electron chi connectivity index (χ1n) is 6.95. The van der Waals surface area contributed by atoms with Crippen LogP contribution in [0.5, 0.6) is 0 Å². The molecule has 0 amide bonds.